The maximum Gasteiger partial charge on any atom is 0.323 e. The Bertz CT molecular complexity index is 255. The molecule has 2 fully saturated rings. The predicted molar refractivity (Wildman–Crippen MR) is 62.3 cm³/mol. The minimum Gasteiger partial charge on any atom is -0.480 e. The van der Waals surface area contributed by atoms with Gasteiger partial charge in [-0.25, -0.2) is 0 Å². The first-order valence-corrected chi connectivity index (χ1v) is 6.99. The van der Waals surface area contributed by atoms with Gasteiger partial charge in [0.15, 0.2) is 0 Å². The van der Waals surface area contributed by atoms with E-state index in [1.807, 2.05) is 11.8 Å². The van der Waals surface area contributed by atoms with Gasteiger partial charge in [-0.15, -0.1) is 0 Å². The fourth-order valence-electron chi connectivity index (χ4n) is 2.43. The molecule has 86 valence electrons. The Kier molecular flexibility index (Phi) is 3.26. The standard InChI is InChI=1S/C11H19NO2S/c1-15-9-3-2-6-11(7-9,10(13)14)12-8-4-5-8/h8-9,12H,2-7H2,1H3,(H,13,14). The molecule has 15 heavy (non-hydrogen) atoms. The van der Waals surface area contributed by atoms with E-state index < -0.39 is 11.5 Å². The lowest BCUT2D eigenvalue weighted by molar-refractivity contribution is -0.146. The lowest BCUT2D eigenvalue weighted by Gasteiger charge is -2.38. The van der Waals surface area contributed by atoms with Gasteiger partial charge in [0.05, 0.1) is 0 Å². The third-order valence-electron chi connectivity index (χ3n) is 3.51. The summed E-state index contributed by atoms with van der Waals surface area (Å²) in [6.45, 7) is 0. The second-order valence-electron chi connectivity index (χ2n) is 4.76. The van der Waals surface area contributed by atoms with Gasteiger partial charge in [-0.05, 0) is 44.8 Å². The summed E-state index contributed by atoms with van der Waals surface area (Å²) < 4.78 is 0. The van der Waals surface area contributed by atoms with Crippen LogP contribution in [0.1, 0.15) is 38.5 Å². The first-order chi connectivity index (χ1) is 7.16. The molecule has 2 N–H and O–H groups in total. The fraction of sp³-hybridized carbons (Fsp3) is 0.909. The highest BCUT2D eigenvalue weighted by molar-refractivity contribution is 7.99. The molecule has 0 saturated heterocycles. The van der Waals surface area contributed by atoms with E-state index >= 15 is 0 Å². The molecule has 2 aliphatic carbocycles. The second-order valence-corrected chi connectivity index (χ2v) is 5.90. The van der Waals surface area contributed by atoms with Crippen molar-refractivity contribution in [2.45, 2.75) is 55.4 Å². The Morgan fingerprint density at radius 2 is 2.20 bits per heavy atom. The molecule has 3 nitrogen and oxygen atoms in total. The lowest BCUT2D eigenvalue weighted by atomic mass is 9.81. The van der Waals surface area contributed by atoms with Crippen LogP contribution in [0, 0.1) is 0 Å². The number of carboxylic acids is 1. The van der Waals surface area contributed by atoms with E-state index in [2.05, 4.69) is 11.6 Å². The van der Waals surface area contributed by atoms with E-state index in [4.69, 9.17) is 0 Å². The Hall–Kier alpha value is -0.220. The summed E-state index contributed by atoms with van der Waals surface area (Å²) in [5, 5.41) is 13.3. The smallest absolute Gasteiger partial charge is 0.323 e. The molecule has 0 aromatic carbocycles. The number of carboxylic acid groups (broad SMARTS) is 1. The largest absolute Gasteiger partial charge is 0.480 e. The molecule has 2 unspecified atom stereocenters. The van der Waals surface area contributed by atoms with Crippen molar-refractivity contribution in [3.05, 3.63) is 0 Å². The molecule has 0 heterocycles. The molecule has 0 aromatic rings. The lowest BCUT2D eigenvalue weighted by Crippen LogP contribution is -2.56. The molecule has 2 saturated carbocycles. The zero-order chi connectivity index (χ0) is 10.9. The fourth-order valence-corrected chi connectivity index (χ4v) is 3.28. The molecule has 2 aliphatic rings. The molecule has 0 bridgehead atoms. The van der Waals surface area contributed by atoms with E-state index in [1.165, 1.54) is 6.42 Å². The molecular weight excluding hydrogens is 210 g/mol. The average molecular weight is 229 g/mol. The highest BCUT2D eigenvalue weighted by Crippen LogP contribution is 2.36. The maximum absolute atomic E-state index is 11.4. The zero-order valence-electron chi connectivity index (χ0n) is 9.16. The number of hydrogen-bond acceptors (Lipinski definition) is 3. The van der Waals surface area contributed by atoms with Gasteiger partial charge in [-0.2, -0.15) is 11.8 Å². The topological polar surface area (TPSA) is 49.3 Å². The van der Waals surface area contributed by atoms with Crippen LogP contribution >= 0.6 is 11.8 Å². The van der Waals surface area contributed by atoms with Crippen LogP contribution in [0.3, 0.4) is 0 Å². The van der Waals surface area contributed by atoms with Crippen molar-refractivity contribution < 1.29 is 9.90 Å². The maximum atomic E-state index is 11.4. The Morgan fingerprint density at radius 1 is 1.47 bits per heavy atom. The van der Waals surface area contributed by atoms with Gasteiger partial charge < -0.3 is 5.11 Å². The van der Waals surface area contributed by atoms with Crippen LogP contribution in [-0.2, 0) is 4.79 Å². The summed E-state index contributed by atoms with van der Waals surface area (Å²) in [7, 11) is 0. The minimum atomic E-state index is -0.645. The highest BCUT2D eigenvalue weighted by atomic mass is 32.2. The average Bonchev–Trinajstić information content (AvgIpc) is 3.01. The number of carbonyl (C=O) groups is 1. The van der Waals surface area contributed by atoms with Gasteiger partial charge in [-0.3, -0.25) is 10.1 Å². The van der Waals surface area contributed by atoms with E-state index in [-0.39, 0.29) is 0 Å². The number of thioether (sulfide) groups is 1. The minimum absolute atomic E-state index is 0.474. The van der Waals surface area contributed by atoms with E-state index in [0.29, 0.717) is 11.3 Å². The number of nitrogens with one attached hydrogen (secondary N) is 1. The van der Waals surface area contributed by atoms with Crippen molar-refractivity contribution in [1.82, 2.24) is 5.32 Å². The summed E-state index contributed by atoms with van der Waals surface area (Å²) in [5.41, 5.74) is -0.618. The van der Waals surface area contributed by atoms with Gasteiger partial charge in [0.25, 0.3) is 0 Å². The molecule has 0 aromatic heterocycles. The Labute approximate surface area is 95.0 Å². The summed E-state index contributed by atoms with van der Waals surface area (Å²) >= 11 is 1.81. The first-order valence-electron chi connectivity index (χ1n) is 5.70. The molecule has 0 radical (unpaired) electrons. The highest BCUT2D eigenvalue weighted by Gasteiger charge is 2.45. The molecule has 0 amide bonds. The summed E-state index contributed by atoms with van der Waals surface area (Å²) in [6, 6.07) is 0.474. The number of aliphatic carboxylic acids is 1. The van der Waals surface area contributed by atoms with Gasteiger partial charge in [0.1, 0.15) is 5.54 Å². The van der Waals surface area contributed by atoms with Crippen LogP contribution in [-0.4, -0.2) is 34.2 Å². The second kappa shape index (κ2) is 4.34. The molecule has 0 spiro atoms. The van der Waals surface area contributed by atoms with E-state index in [9.17, 15) is 9.90 Å². The van der Waals surface area contributed by atoms with Crippen molar-refractivity contribution in [1.29, 1.82) is 0 Å². The first kappa shape index (κ1) is 11.3. The van der Waals surface area contributed by atoms with Crippen molar-refractivity contribution in [3.63, 3.8) is 0 Å². The zero-order valence-corrected chi connectivity index (χ0v) is 9.98. The van der Waals surface area contributed by atoms with Gasteiger partial charge >= 0.3 is 5.97 Å². The molecule has 2 rings (SSSR count). The summed E-state index contributed by atoms with van der Waals surface area (Å²) in [6.07, 6.45) is 8.19. The number of rotatable bonds is 4. The van der Waals surface area contributed by atoms with Crippen LogP contribution < -0.4 is 5.32 Å². The molecule has 4 heteroatoms. The Morgan fingerprint density at radius 3 is 2.73 bits per heavy atom. The predicted octanol–water partition coefficient (Wildman–Crippen LogP) is 1.87. The molecule has 0 aliphatic heterocycles. The third-order valence-corrected chi connectivity index (χ3v) is 4.58. The van der Waals surface area contributed by atoms with Crippen LogP contribution in [0.4, 0.5) is 0 Å². The summed E-state index contributed by atoms with van der Waals surface area (Å²) in [4.78, 5) is 11.4. The van der Waals surface area contributed by atoms with Crippen molar-refractivity contribution in [2.24, 2.45) is 0 Å². The summed E-state index contributed by atoms with van der Waals surface area (Å²) in [5.74, 6) is -0.645. The van der Waals surface area contributed by atoms with Gasteiger partial charge in [0.2, 0.25) is 0 Å². The van der Waals surface area contributed by atoms with Crippen LogP contribution in [0.15, 0.2) is 0 Å². The van der Waals surface area contributed by atoms with Crippen LogP contribution in [0.5, 0.6) is 0 Å². The van der Waals surface area contributed by atoms with Gasteiger partial charge in [-0.1, -0.05) is 0 Å². The van der Waals surface area contributed by atoms with E-state index in [0.717, 1.165) is 32.1 Å². The third kappa shape index (κ3) is 2.48. The Balaban J connectivity index is 2.05. The van der Waals surface area contributed by atoms with Crippen LogP contribution in [0.25, 0.3) is 0 Å². The SMILES string of the molecule is CSC1CCCC(NC2CC2)(C(=O)O)C1. The quantitative estimate of drug-likeness (QED) is 0.772. The van der Waals surface area contributed by atoms with Crippen molar-refractivity contribution >= 4 is 17.7 Å². The molecule has 2 atom stereocenters. The van der Waals surface area contributed by atoms with E-state index in [1.54, 1.807) is 0 Å². The number of hydrogen-bond donors (Lipinski definition) is 2. The molecular formula is C11H19NO2S. The van der Waals surface area contributed by atoms with Gasteiger partial charge in [0, 0.05) is 11.3 Å². The van der Waals surface area contributed by atoms with Crippen molar-refractivity contribution in [2.75, 3.05) is 6.26 Å². The van der Waals surface area contributed by atoms with Crippen molar-refractivity contribution in [3.8, 4) is 0 Å². The normalized spacial score (nSPS) is 36.5. The van der Waals surface area contributed by atoms with Crippen LogP contribution in [0.2, 0.25) is 0 Å². The monoisotopic (exact) mass is 229 g/mol.